The number of rotatable bonds is 8. The Morgan fingerprint density at radius 3 is 2.55 bits per heavy atom. The third-order valence-electron chi connectivity index (χ3n) is 4.08. The number of nitrogens with zero attached hydrogens (tertiary/aromatic N) is 4. The SMILES string of the molecule is CS(=O)(=O)c1nnc(NC(=O)C(C#N)=Cc2ccc(OCc3ccccc3[N+](=O)[O-])cc2)s1. The molecule has 0 unspecified atom stereocenters. The van der Waals surface area contributed by atoms with Crippen LogP contribution in [0.2, 0.25) is 0 Å². The maximum atomic E-state index is 12.3. The Labute approximate surface area is 192 Å². The number of nitriles is 1. The molecule has 1 heterocycles. The van der Waals surface area contributed by atoms with E-state index in [0.717, 1.165) is 6.26 Å². The van der Waals surface area contributed by atoms with E-state index in [9.17, 15) is 28.6 Å². The van der Waals surface area contributed by atoms with Crippen LogP contribution in [-0.4, -0.2) is 35.7 Å². The molecular weight excluding hydrogens is 470 g/mol. The molecule has 2 aromatic carbocycles. The highest BCUT2D eigenvalue weighted by Gasteiger charge is 2.17. The van der Waals surface area contributed by atoms with E-state index in [1.165, 1.54) is 12.1 Å². The first-order valence-corrected chi connectivity index (χ1v) is 11.8. The first kappa shape index (κ1) is 23.5. The second-order valence-electron chi connectivity index (χ2n) is 6.51. The summed E-state index contributed by atoms with van der Waals surface area (Å²) in [6.45, 7) is -0.00446. The van der Waals surface area contributed by atoms with Gasteiger partial charge in [0.05, 0.1) is 10.5 Å². The van der Waals surface area contributed by atoms with Gasteiger partial charge in [-0.25, -0.2) is 8.42 Å². The fourth-order valence-corrected chi connectivity index (χ4v) is 4.03. The monoisotopic (exact) mass is 485 g/mol. The van der Waals surface area contributed by atoms with Crippen LogP contribution in [0.1, 0.15) is 11.1 Å². The van der Waals surface area contributed by atoms with Gasteiger partial charge in [0.25, 0.3) is 11.6 Å². The van der Waals surface area contributed by atoms with Gasteiger partial charge in [-0.1, -0.05) is 35.6 Å². The molecule has 3 aromatic rings. The Kier molecular flexibility index (Phi) is 7.11. The van der Waals surface area contributed by atoms with Crippen molar-refractivity contribution in [2.45, 2.75) is 10.9 Å². The summed E-state index contributed by atoms with van der Waals surface area (Å²) in [6, 6.07) is 14.4. The molecule has 0 aliphatic heterocycles. The number of nitrogens with one attached hydrogen (secondary N) is 1. The molecular formula is C20H15N5O6S2. The zero-order valence-electron chi connectivity index (χ0n) is 17.0. The van der Waals surface area contributed by atoms with E-state index in [1.54, 1.807) is 48.5 Å². The van der Waals surface area contributed by atoms with Crippen molar-refractivity contribution in [2.24, 2.45) is 0 Å². The first-order valence-electron chi connectivity index (χ1n) is 9.09. The summed E-state index contributed by atoms with van der Waals surface area (Å²) in [5.41, 5.74) is 0.667. The maximum absolute atomic E-state index is 12.3. The number of amides is 1. The molecule has 0 bridgehead atoms. The summed E-state index contributed by atoms with van der Waals surface area (Å²) in [6.07, 6.45) is 2.30. The lowest BCUT2D eigenvalue weighted by Gasteiger charge is -2.07. The fraction of sp³-hybridized carbons (Fsp3) is 0.100. The number of hydrogen-bond donors (Lipinski definition) is 1. The molecule has 168 valence electrons. The van der Waals surface area contributed by atoms with Crippen LogP contribution in [0.3, 0.4) is 0 Å². The minimum Gasteiger partial charge on any atom is -0.489 e. The number of nitro benzene ring substituents is 1. The van der Waals surface area contributed by atoms with E-state index in [1.807, 2.05) is 0 Å². The Morgan fingerprint density at radius 1 is 1.24 bits per heavy atom. The standard InChI is InChI=1S/C20H15N5O6S2/c1-33(29,30)20-24-23-19(32-20)22-18(26)15(11-21)10-13-6-8-16(9-7-13)31-12-14-4-2-3-5-17(14)25(27)28/h2-10H,12H2,1H3,(H,22,23,26). The molecule has 0 atom stereocenters. The Hall–Kier alpha value is -4.15. The molecule has 33 heavy (non-hydrogen) atoms. The minimum atomic E-state index is -3.56. The van der Waals surface area contributed by atoms with Crippen molar-refractivity contribution < 1.29 is 22.9 Å². The van der Waals surface area contributed by atoms with Crippen molar-refractivity contribution in [3.05, 3.63) is 75.3 Å². The summed E-state index contributed by atoms with van der Waals surface area (Å²) in [7, 11) is -3.56. The summed E-state index contributed by atoms with van der Waals surface area (Å²) >= 11 is 0.673. The Morgan fingerprint density at radius 2 is 1.94 bits per heavy atom. The highest BCUT2D eigenvalue weighted by Crippen LogP contribution is 2.22. The minimum absolute atomic E-state index is 0.00446. The highest BCUT2D eigenvalue weighted by molar-refractivity contribution is 7.92. The van der Waals surface area contributed by atoms with Crippen molar-refractivity contribution in [3.63, 3.8) is 0 Å². The molecule has 1 amide bonds. The van der Waals surface area contributed by atoms with E-state index in [2.05, 4.69) is 15.5 Å². The summed E-state index contributed by atoms with van der Waals surface area (Å²) in [4.78, 5) is 22.9. The average molecular weight is 486 g/mol. The van der Waals surface area contributed by atoms with Crippen molar-refractivity contribution in [1.82, 2.24) is 10.2 Å². The van der Waals surface area contributed by atoms with E-state index in [4.69, 9.17) is 4.74 Å². The number of carbonyl (C=O) groups excluding carboxylic acids is 1. The van der Waals surface area contributed by atoms with Crippen LogP contribution in [0.15, 0.2) is 58.4 Å². The van der Waals surface area contributed by atoms with Crippen LogP contribution in [0, 0.1) is 21.4 Å². The van der Waals surface area contributed by atoms with E-state index < -0.39 is 20.7 Å². The number of nitro groups is 1. The molecule has 0 aliphatic rings. The van der Waals surface area contributed by atoms with Gasteiger partial charge in [-0.05, 0) is 29.8 Å². The number of para-hydroxylation sites is 1. The first-order chi connectivity index (χ1) is 15.7. The average Bonchev–Trinajstić information content (AvgIpc) is 3.26. The third-order valence-corrected chi connectivity index (χ3v) is 6.59. The van der Waals surface area contributed by atoms with Gasteiger partial charge < -0.3 is 4.74 Å². The van der Waals surface area contributed by atoms with Crippen LogP contribution in [0.5, 0.6) is 5.75 Å². The number of anilines is 1. The second-order valence-corrected chi connectivity index (χ2v) is 9.68. The van der Waals surface area contributed by atoms with Gasteiger partial charge in [-0.15, -0.1) is 10.2 Å². The third kappa shape index (κ3) is 6.19. The number of sulfone groups is 1. The van der Waals surface area contributed by atoms with Gasteiger partial charge in [0.2, 0.25) is 19.3 Å². The molecule has 11 nitrogen and oxygen atoms in total. The Balaban J connectivity index is 1.67. The predicted octanol–water partition coefficient (Wildman–Crippen LogP) is 2.97. The largest absolute Gasteiger partial charge is 0.489 e. The van der Waals surface area contributed by atoms with E-state index in [-0.39, 0.29) is 27.3 Å². The lowest BCUT2D eigenvalue weighted by Crippen LogP contribution is -2.13. The smallest absolute Gasteiger partial charge is 0.276 e. The van der Waals surface area contributed by atoms with Gasteiger partial charge >= 0.3 is 0 Å². The Bertz CT molecular complexity index is 1370. The maximum Gasteiger partial charge on any atom is 0.276 e. The van der Waals surface area contributed by atoms with Crippen LogP contribution < -0.4 is 10.1 Å². The zero-order valence-corrected chi connectivity index (χ0v) is 18.6. The van der Waals surface area contributed by atoms with E-state index >= 15 is 0 Å². The van der Waals surface area contributed by atoms with Gasteiger partial charge in [-0.3, -0.25) is 20.2 Å². The zero-order chi connectivity index (χ0) is 24.0. The topological polar surface area (TPSA) is 165 Å². The van der Waals surface area contributed by atoms with Gasteiger partial charge in [-0.2, -0.15) is 5.26 Å². The molecule has 0 aliphatic carbocycles. The number of hydrogen-bond acceptors (Lipinski definition) is 10. The van der Waals surface area contributed by atoms with Crippen LogP contribution in [-0.2, 0) is 21.2 Å². The van der Waals surface area contributed by atoms with Crippen molar-refractivity contribution in [3.8, 4) is 11.8 Å². The molecule has 0 saturated carbocycles. The summed E-state index contributed by atoms with van der Waals surface area (Å²) < 4.78 is 28.3. The molecule has 3 rings (SSSR count). The molecule has 0 spiro atoms. The van der Waals surface area contributed by atoms with Crippen molar-refractivity contribution in [2.75, 3.05) is 11.6 Å². The molecule has 13 heteroatoms. The lowest BCUT2D eigenvalue weighted by molar-refractivity contribution is -0.385. The molecule has 1 aromatic heterocycles. The van der Waals surface area contributed by atoms with Gasteiger partial charge in [0.1, 0.15) is 24.0 Å². The molecule has 1 N–H and O–H groups in total. The summed E-state index contributed by atoms with van der Waals surface area (Å²) in [5, 5.41) is 29.7. The predicted molar refractivity (Wildman–Crippen MR) is 119 cm³/mol. The van der Waals surface area contributed by atoms with Crippen LogP contribution in [0.25, 0.3) is 6.08 Å². The van der Waals surface area contributed by atoms with Crippen molar-refractivity contribution in [1.29, 1.82) is 5.26 Å². The fourth-order valence-electron chi connectivity index (χ4n) is 2.52. The molecule has 0 radical (unpaired) electrons. The van der Waals surface area contributed by atoms with Crippen molar-refractivity contribution >= 4 is 44.0 Å². The lowest BCUT2D eigenvalue weighted by atomic mass is 10.1. The number of benzene rings is 2. The summed E-state index contributed by atoms with van der Waals surface area (Å²) in [5.74, 6) is -0.333. The molecule has 0 saturated heterocycles. The normalized spacial score (nSPS) is 11.5. The number of carbonyl (C=O) groups is 1. The van der Waals surface area contributed by atoms with Crippen LogP contribution in [0.4, 0.5) is 10.8 Å². The van der Waals surface area contributed by atoms with E-state index in [0.29, 0.717) is 28.2 Å². The van der Waals surface area contributed by atoms with Gasteiger partial charge in [0, 0.05) is 12.3 Å². The molecule has 0 fully saturated rings. The number of ether oxygens (including phenoxy) is 1. The second kappa shape index (κ2) is 9.98. The number of aromatic nitrogens is 2. The van der Waals surface area contributed by atoms with Gasteiger partial charge in [0.15, 0.2) is 0 Å². The van der Waals surface area contributed by atoms with Crippen LogP contribution >= 0.6 is 11.3 Å². The quantitative estimate of drug-likeness (QED) is 0.166. The highest BCUT2D eigenvalue weighted by atomic mass is 32.2.